The number of piperidine rings is 2. The zero-order valence-electron chi connectivity index (χ0n) is 20.1. The molecule has 0 unspecified atom stereocenters. The number of methoxy groups -OCH3 is 1. The second kappa shape index (κ2) is 12.2. The first-order valence-corrected chi connectivity index (χ1v) is 12.5. The standard InChI is InChI=1S/C26H41N3O3/c1-4-6-7-20(5-2)26(31)29-18-14-23(15-19-29)28-16-12-21(13-17-28)25(30)27-22-8-10-24(32-3)11-9-22/h8-11,20-21,23H,4-7,12-19H2,1-3H3,(H,27,30)/t20-/m0/s1. The number of hydrogen-bond acceptors (Lipinski definition) is 4. The molecule has 3 rings (SSSR count). The monoisotopic (exact) mass is 443 g/mol. The fraction of sp³-hybridized carbons (Fsp3) is 0.692. The molecule has 6 nitrogen and oxygen atoms in total. The van der Waals surface area contributed by atoms with Gasteiger partial charge in [0.2, 0.25) is 11.8 Å². The van der Waals surface area contributed by atoms with E-state index in [4.69, 9.17) is 4.74 Å². The SMILES string of the molecule is CCCC[C@H](CC)C(=O)N1CCC(N2CCC(C(=O)Nc3ccc(OC)cc3)CC2)CC1. The second-order valence-corrected chi connectivity index (χ2v) is 9.33. The minimum Gasteiger partial charge on any atom is -0.497 e. The lowest BCUT2D eigenvalue weighted by Crippen LogP contribution is -2.50. The average molecular weight is 444 g/mol. The lowest BCUT2D eigenvalue weighted by atomic mass is 9.92. The number of anilines is 1. The third-order valence-corrected chi connectivity index (χ3v) is 7.30. The molecule has 2 aliphatic heterocycles. The smallest absolute Gasteiger partial charge is 0.227 e. The van der Waals surface area contributed by atoms with Crippen molar-refractivity contribution in [3.63, 3.8) is 0 Å². The Morgan fingerprint density at radius 1 is 1.03 bits per heavy atom. The van der Waals surface area contributed by atoms with Crippen LogP contribution in [0.25, 0.3) is 0 Å². The van der Waals surface area contributed by atoms with Gasteiger partial charge in [0.15, 0.2) is 0 Å². The second-order valence-electron chi connectivity index (χ2n) is 9.33. The Labute approximate surface area is 193 Å². The van der Waals surface area contributed by atoms with E-state index < -0.39 is 0 Å². The van der Waals surface area contributed by atoms with Crippen LogP contribution < -0.4 is 10.1 Å². The van der Waals surface area contributed by atoms with Gasteiger partial charge in [-0.3, -0.25) is 9.59 Å². The summed E-state index contributed by atoms with van der Waals surface area (Å²) in [7, 11) is 1.64. The van der Waals surface area contributed by atoms with Gasteiger partial charge < -0.3 is 19.9 Å². The highest BCUT2D eigenvalue weighted by Crippen LogP contribution is 2.27. The number of benzene rings is 1. The molecule has 0 spiro atoms. The molecule has 2 fully saturated rings. The summed E-state index contributed by atoms with van der Waals surface area (Å²) in [5.74, 6) is 1.54. The van der Waals surface area contributed by atoms with Crippen molar-refractivity contribution < 1.29 is 14.3 Å². The van der Waals surface area contributed by atoms with Crippen LogP contribution in [-0.4, -0.2) is 60.9 Å². The van der Waals surface area contributed by atoms with Gasteiger partial charge in [0.05, 0.1) is 7.11 Å². The summed E-state index contributed by atoms with van der Waals surface area (Å²) in [5, 5.41) is 3.05. The minimum atomic E-state index is 0.0684. The molecule has 0 radical (unpaired) electrons. The quantitative estimate of drug-likeness (QED) is 0.608. The van der Waals surface area contributed by atoms with E-state index in [-0.39, 0.29) is 17.7 Å². The van der Waals surface area contributed by atoms with Crippen LogP contribution in [0.1, 0.15) is 65.2 Å². The van der Waals surface area contributed by atoms with Crippen LogP contribution in [0, 0.1) is 11.8 Å². The van der Waals surface area contributed by atoms with Crippen molar-refractivity contribution in [2.45, 2.75) is 71.3 Å². The number of carbonyl (C=O) groups is 2. The number of rotatable bonds is 9. The van der Waals surface area contributed by atoms with E-state index in [2.05, 4.69) is 29.0 Å². The Bertz CT molecular complexity index is 720. The van der Waals surface area contributed by atoms with Crippen molar-refractivity contribution in [2.24, 2.45) is 11.8 Å². The Balaban J connectivity index is 1.41. The topological polar surface area (TPSA) is 61.9 Å². The molecule has 0 aliphatic carbocycles. The van der Waals surface area contributed by atoms with Crippen molar-refractivity contribution >= 4 is 17.5 Å². The third kappa shape index (κ3) is 6.47. The van der Waals surface area contributed by atoms with Crippen LogP contribution in [-0.2, 0) is 9.59 Å². The molecule has 6 heteroatoms. The average Bonchev–Trinajstić information content (AvgIpc) is 2.85. The van der Waals surface area contributed by atoms with Gasteiger partial charge in [-0.1, -0.05) is 26.7 Å². The molecule has 2 saturated heterocycles. The van der Waals surface area contributed by atoms with Crippen molar-refractivity contribution in [3.05, 3.63) is 24.3 Å². The van der Waals surface area contributed by atoms with Gasteiger partial charge in [-0.2, -0.15) is 0 Å². The van der Waals surface area contributed by atoms with Crippen molar-refractivity contribution in [1.82, 2.24) is 9.80 Å². The summed E-state index contributed by atoms with van der Waals surface area (Å²) in [6, 6.07) is 8.03. The number of hydrogen-bond donors (Lipinski definition) is 1. The number of likely N-dealkylation sites (tertiary alicyclic amines) is 2. The summed E-state index contributed by atoms with van der Waals surface area (Å²) in [5.41, 5.74) is 0.819. The Hall–Kier alpha value is -2.08. The molecule has 2 amide bonds. The maximum atomic E-state index is 12.9. The van der Waals surface area contributed by atoms with Gasteiger partial charge in [0.25, 0.3) is 0 Å². The lowest BCUT2D eigenvalue weighted by Gasteiger charge is -2.42. The molecule has 0 bridgehead atoms. The molecular formula is C26H41N3O3. The minimum absolute atomic E-state index is 0.0684. The van der Waals surface area contributed by atoms with Gasteiger partial charge >= 0.3 is 0 Å². The first-order chi connectivity index (χ1) is 15.5. The zero-order valence-corrected chi connectivity index (χ0v) is 20.1. The third-order valence-electron chi connectivity index (χ3n) is 7.30. The highest BCUT2D eigenvalue weighted by atomic mass is 16.5. The van der Waals surface area contributed by atoms with E-state index in [1.807, 2.05) is 24.3 Å². The van der Waals surface area contributed by atoms with Gasteiger partial charge in [-0.15, -0.1) is 0 Å². The maximum absolute atomic E-state index is 12.9. The van der Waals surface area contributed by atoms with Crippen molar-refractivity contribution in [1.29, 1.82) is 0 Å². The number of nitrogens with one attached hydrogen (secondary N) is 1. The van der Waals surface area contributed by atoms with Crippen LogP contribution in [0.15, 0.2) is 24.3 Å². The summed E-state index contributed by atoms with van der Waals surface area (Å²) >= 11 is 0. The fourth-order valence-electron chi connectivity index (χ4n) is 5.11. The fourth-order valence-corrected chi connectivity index (χ4v) is 5.11. The molecule has 1 N–H and O–H groups in total. The summed E-state index contributed by atoms with van der Waals surface area (Å²) < 4.78 is 5.17. The number of unbranched alkanes of at least 4 members (excludes halogenated alkanes) is 1. The normalized spacial score (nSPS) is 19.5. The molecule has 0 saturated carbocycles. The van der Waals surface area contributed by atoms with E-state index in [1.54, 1.807) is 7.11 Å². The molecule has 2 heterocycles. The predicted molar refractivity (Wildman–Crippen MR) is 129 cm³/mol. The summed E-state index contributed by atoms with van der Waals surface area (Å²) in [6.07, 6.45) is 8.17. The van der Waals surface area contributed by atoms with E-state index in [0.29, 0.717) is 11.9 Å². The highest BCUT2D eigenvalue weighted by molar-refractivity contribution is 5.92. The van der Waals surface area contributed by atoms with Crippen LogP contribution in [0.2, 0.25) is 0 Å². The van der Waals surface area contributed by atoms with Gasteiger partial charge in [-0.25, -0.2) is 0 Å². The maximum Gasteiger partial charge on any atom is 0.227 e. The summed E-state index contributed by atoms with van der Waals surface area (Å²) in [4.78, 5) is 30.2. The van der Waals surface area contributed by atoms with Gasteiger partial charge in [0.1, 0.15) is 5.75 Å². The zero-order chi connectivity index (χ0) is 22.9. The number of ether oxygens (including phenoxy) is 1. The molecule has 1 aromatic rings. The van der Waals surface area contributed by atoms with Crippen molar-refractivity contribution in [3.8, 4) is 5.75 Å². The largest absolute Gasteiger partial charge is 0.497 e. The predicted octanol–water partition coefficient (Wildman–Crippen LogP) is 4.55. The van der Waals surface area contributed by atoms with Crippen LogP contribution >= 0.6 is 0 Å². The lowest BCUT2D eigenvalue weighted by molar-refractivity contribution is -0.137. The first-order valence-electron chi connectivity index (χ1n) is 12.5. The Kier molecular flexibility index (Phi) is 9.39. The number of nitrogens with zero attached hydrogens (tertiary/aromatic N) is 2. The van der Waals surface area contributed by atoms with Crippen LogP contribution in [0.5, 0.6) is 5.75 Å². The molecular weight excluding hydrogens is 402 g/mol. The molecule has 0 aromatic heterocycles. The van der Waals surface area contributed by atoms with Gasteiger partial charge in [-0.05, 0) is 75.9 Å². The number of carbonyl (C=O) groups excluding carboxylic acids is 2. The first kappa shape index (κ1) is 24.6. The molecule has 1 atom stereocenters. The van der Waals surface area contributed by atoms with Crippen LogP contribution in [0.3, 0.4) is 0 Å². The molecule has 32 heavy (non-hydrogen) atoms. The summed E-state index contributed by atoms with van der Waals surface area (Å²) in [6.45, 7) is 8.02. The van der Waals surface area contributed by atoms with E-state index >= 15 is 0 Å². The van der Waals surface area contributed by atoms with Crippen molar-refractivity contribution in [2.75, 3.05) is 38.6 Å². The Morgan fingerprint density at radius 3 is 2.25 bits per heavy atom. The molecule has 178 valence electrons. The highest BCUT2D eigenvalue weighted by Gasteiger charge is 2.32. The van der Waals surface area contributed by atoms with Gasteiger partial charge in [0, 0.05) is 36.7 Å². The number of amides is 2. The molecule has 2 aliphatic rings. The van der Waals surface area contributed by atoms with E-state index in [1.165, 1.54) is 0 Å². The molecule has 1 aromatic carbocycles. The Morgan fingerprint density at radius 2 is 1.69 bits per heavy atom. The van der Waals surface area contributed by atoms with E-state index in [9.17, 15) is 9.59 Å². The van der Waals surface area contributed by atoms with E-state index in [0.717, 1.165) is 89.0 Å². The van der Waals surface area contributed by atoms with Crippen LogP contribution in [0.4, 0.5) is 5.69 Å².